The van der Waals surface area contributed by atoms with Gasteiger partial charge in [-0.25, -0.2) is 0 Å². The Balaban J connectivity index is 1.97. The van der Waals surface area contributed by atoms with Gasteiger partial charge in [-0.15, -0.1) is 10.2 Å². The van der Waals surface area contributed by atoms with Gasteiger partial charge in [0, 0.05) is 32.5 Å². The van der Waals surface area contributed by atoms with Crippen LogP contribution in [0.4, 0.5) is 11.4 Å². The van der Waals surface area contributed by atoms with Crippen LogP contribution in [0.5, 0.6) is 0 Å². The van der Waals surface area contributed by atoms with E-state index in [1.54, 1.807) is 0 Å². The van der Waals surface area contributed by atoms with Crippen LogP contribution >= 0.6 is 11.8 Å². The van der Waals surface area contributed by atoms with Crippen molar-refractivity contribution in [2.75, 3.05) is 24.3 Å². The predicted octanol–water partition coefficient (Wildman–Crippen LogP) is 2.31. The number of nitrogens with one attached hydrogen (secondary N) is 1. The Kier molecular flexibility index (Phi) is 5.07. The first-order valence-electron chi connectivity index (χ1n) is 6.99. The SMILES string of the molecule is Cc1nnc(S[C@H](C)C(=O)Nc2ccc(N(C)C)cc2)n1C. The molecule has 1 aromatic heterocycles. The second kappa shape index (κ2) is 6.83. The van der Waals surface area contributed by atoms with Gasteiger partial charge in [0.25, 0.3) is 0 Å². The lowest BCUT2D eigenvalue weighted by Gasteiger charge is -2.14. The molecule has 0 bridgehead atoms. The van der Waals surface area contributed by atoms with E-state index in [2.05, 4.69) is 15.5 Å². The fourth-order valence-electron chi connectivity index (χ4n) is 1.79. The maximum absolute atomic E-state index is 12.3. The molecule has 6 nitrogen and oxygen atoms in total. The van der Waals surface area contributed by atoms with E-state index in [1.807, 2.05) is 68.7 Å². The number of thioether (sulfide) groups is 1. The molecule has 0 spiro atoms. The molecule has 0 aliphatic carbocycles. The summed E-state index contributed by atoms with van der Waals surface area (Å²) in [5.74, 6) is 0.776. The number of amides is 1. The van der Waals surface area contributed by atoms with Gasteiger partial charge in [-0.3, -0.25) is 4.79 Å². The molecular formula is C15H21N5OS. The Morgan fingerprint density at radius 1 is 1.27 bits per heavy atom. The molecule has 0 saturated carbocycles. The fourth-order valence-corrected chi connectivity index (χ4v) is 2.65. The number of rotatable bonds is 5. The van der Waals surface area contributed by atoms with Gasteiger partial charge in [0.2, 0.25) is 5.91 Å². The number of aromatic nitrogens is 3. The zero-order valence-corrected chi connectivity index (χ0v) is 14.3. The van der Waals surface area contributed by atoms with Gasteiger partial charge in [-0.05, 0) is 38.1 Å². The van der Waals surface area contributed by atoms with Crippen LogP contribution in [0.3, 0.4) is 0 Å². The summed E-state index contributed by atoms with van der Waals surface area (Å²) < 4.78 is 1.88. The molecule has 1 atom stereocenters. The van der Waals surface area contributed by atoms with E-state index < -0.39 is 0 Å². The Bertz CT molecular complexity index is 650. The normalized spacial score (nSPS) is 12.0. The number of carbonyl (C=O) groups excluding carboxylic acids is 1. The largest absolute Gasteiger partial charge is 0.378 e. The zero-order chi connectivity index (χ0) is 16.3. The summed E-state index contributed by atoms with van der Waals surface area (Å²) >= 11 is 1.40. The van der Waals surface area contributed by atoms with E-state index in [1.165, 1.54) is 11.8 Å². The van der Waals surface area contributed by atoms with E-state index in [0.717, 1.165) is 22.4 Å². The minimum absolute atomic E-state index is 0.0525. The van der Waals surface area contributed by atoms with Crippen LogP contribution in [0.1, 0.15) is 12.7 Å². The molecule has 0 fully saturated rings. The highest BCUT2D eigenvalue weighted by molar-refractivity contribution is 8.00. The number of carbonyl (C=O) groups is 1. The average Bonchev–Trinajstić information content (AvgIpc) is 2.79. The molecule has 2 rings (SSSR count). The topological polar surface area (TPSA) is 63.1 Å². The van der Waals surface area contributed by atoms with Crippen molar-refractivity contribution in [1.82, 2.24) is 14.8 Å². The molecule has 1 heterocycles. The number of benzene rings is 1. The first-order chi connectivity index (χ1) is 10.4. The van der Waals surface area contributed by atoms with Crippen LogP contribution in [0.15, 0.2) is 29.4 Å². The lowest BCUT2D eigenvalue weighted by molar-refractivity contribution is -0.115. The highest BCUT2D eigenvalue weighted by atomic mass is 32.2. The summed E-state index contributed by atoms with van der Waals surface area (Å²) in [7, 11) is 5.85. The van der Waals surface area contributed by atoms with Crippen molar-refractivity contribution in [1.29, 1.82) is 0 Å². The lowest BCUT2D eigenvalue weighted by atomic mass is 10.2. The zero-order valence-electron chi connectivity index (χ0n) is 13.5. The molecule has 1 aromatic carbocycles. The van der Waals surface area contributed by atoms with Gasteiger partial charge in [-0.2, -0.15) is 0 Å². The molecule has 0 radical (unpaired) electrons. The van der Waals surface area contributed by atoms with Crippen LogP contribution in [-0.4, -0.2) is 40.0 Å². The molecule has 7 heteroatoms. The van der Waals surface area contributed by atoms with Crippen LogP contribution in [0.25, 0.3) is 0 Å². The Morgan fingerprint density at radius 3 is 2.41 bits per heavy atom. The molecule has 1 amide bonds. The Morgan fingerprint density at radius 2 is 1.91 bits per heavy atom. The number of hydrogen-bond donors (Lipinski definition) is 1. The van der Waals surface area contributed by atoms with Crippen LogP contribution in [0.2, 0.25) is 0 Å². The van der Waals surface area contributed by atoms with Crippen molar-refractivity contribution < 1.29 is 4.79 Å². The van der Waals surface area contributed by atoms with Crippen molar-refractivity contribution in [2.45, 2.75) is 24.3 Å². The predicted molar refractivity (Wildman–Crippen MR) is 90.5 cm³/mol. The van der Waals surface area contributed by atoms with Gasteiger partial charge in [0.1, 0.15) is 5.82 Å². The summed E-state index contributed by atoms with van der Waals surface area (Å²) in [6.07, 6.45) is 0. The maximum atomic E-state index is 12.3. The molecule has 0 aliphatic rings. The first kappa shape index (κ1) is 16.4. The number of nitrogens with zero attached hydrogens (tertiary/aromatic N) is 4. The molecule has 1 N–H and O–H groups in total. The monoisotopic (exact) mass is 319 g/mol. The number of anilines is 2. The quantitative estimate of drug-likeness (QED) is 0.857. The third-order valence-corrected chi connectivity index (χ3v) is 4.49. The van der Waals surface area contributed by atoms with Crippen molar-refractivity contribution in [3.05, 3.63) is 30.1 Å². The van der Waals surface area contributed by atoms with Crippen molar-refractivity contribution >= 4 is 29.0 Å². The molecule has 0 saturated heterocycles. The summed E-state index contributed by atoms with van der Waals surface area (Å²) in [5, 5.41) is 11.5. The summed E-state index contributed by atoms with van der Waals surface area (Å²) in [6, 6.07) is 7.74. The third-order valence-electron chi connectivity index (χ3n) is 3.36. The van der Waals surface area contributed by atoms with E-state index in [-0.39, 0.29) is 11.2 Å². The fraction of sp³-hybridized carbons (Fsp3) is 0.400. The number of hydrogen-bond acceptors (Lipinski definition) is 5. The molecule has 0 aliphatic heterocycles. The summed E-state index contributed by atoms with van der Waals surface area (Å²) in [4.78, 5) is 14.3. The highest BCUT2D eigenvalue weighted by Crippen LogP contribution is 2.23. The van der Waals surface area contributed by atoms with E-state index in [9.17, 15) is 4.79 Å². The minimum atomic E-state index is -0.254. The standard InChI is InChI=1S/C15H21N5OS/c1-10(22-15-18-17-11(2)20(15)5)14(21)16-12-6-8-13(9-7-12)19(3)4/h6-10H,1-5H3,(H,16,21)/t10-/m1/s1. The summed E-state index contributed by atoms with van der Waals surface area (Å²) in [6.45, 7) is 3.74. The summed E-state index contributed by atoms with van der Waals surface area (Å²) in [5.41, 5.74) is 1.88. The Hall–Kier alpha value is -2.02. The van der Waals surface area contributed by atoms with E-state index in [0.29, 0.717) is 0 Å². The lowest BCUT2D eigenvalue weighted by Crippen LogP contribution is -2.22. The van der Waals surface area contributed by atoms with E-state index >= 15 is 0 Å². The highest BCUT2D eigenvalue weighted by Gasteiger charge is 2.18. The van der Waals surface area contributed by atoms with Crippen LogP contribution < -0.4 is 10.2 Å². The average molecular weight is 319 g/mol. The maximum Gasteiger partial charge on any atom is 0.237 e. The van der Waals surface area contributed by atoms with E-state index in [4.69, 9.17) is 0 Å². The first-order valence-corrected chi connectivity index (χ1v) is 7.87. The third kappa shape index (κ3) is 3.79. The van der Waals surface area contributed by atoms with Crippen molar-refractivity contribution in [3.8, 4) is 0 Å². The molecular weight excluding hydrogens is 298 g/mol. The molecule has 118 valence electrons. The smallest absolute Gasteiger partial charge is 0.237 e. The second-order valence-electron chi connectivity index (χ2n) is 5.28. The van der Waals surface area contributed by atoms with Crippen molar-refractivity contribution in [2.24, 2.45) is 7.05 Å². The van der Waals surface area contributed by atoms with Crippen molar-refractivity contribution in [3.63, 3.8) is 0 Å². The molecule has 22 heavy (non-hydrogen) atoms. The van der Waals surface area contributed by atoms with Gasteiger partial charge < -0.3 is 14.8 Å². The Labute approximate surface area is 134 Å². The second-order valence-corrected chi connectivity index (χ2v) is 6.59. The van der Waals surface area contributed by atoms with Gasteiger partial charge >= 0.3 is 0 Å². The van der Waals surface area contributed by atoms with Gasteiger partial charge in [0.15, 0.2) is 5.16 Å². The van der Waals surface area contributed by atoms with Crippen LogP contribution in [0, 0.1) is 6.92 Å². The van der Waals surface area contributed by atoms with Gasteiger partial charge in [0.05, 0.1) is 5.25 Å². The minimum Gasteiger partial charge on any atom is -0.378 e. The molecule has 2 aromatic rings. The van der Waals surface area contributed by atoms with Gasteiger partial charge in [-0.1, -0.05) is 11.8 Å². The molecule has 0 unspecified atom stereocenters. The number of aryl methyl sites for hydroxylation is 1. The van der Waals surface area contributed by atoms with Crippen LogP contribution in [-0.2, 0) is 11.8 Å².